The highest BCUT2D eigenvalue weighted by molar-refractivity contribution is 8.76. The first-order valence-corrected chi connectivity index (χ1v) is 21.5. The van der Waals surface area contributed by atoms with Gasteiger partial charge in [-0.25, -0.2) is 4.79 Å². The summed E-state index contributed by atoms with van der Waals surface area (Å²) in [5, 5.41) is 6.06. The third kappa shape index (κ3) is 12.8. The van der Waals surface area contributed by atoms with Crippen molar-refractivity contribution in [2.45, 2.75) is 31.7 Å². The van der Waals surface area contributed by atoms with Crippen LogP contribution in [0.25, 0.3) is 0 Å². The summed E-state index contributed by atoms with van der Waals surface area (Å²) in [6, 6.07) is 4.90. The van der Waals surface area contributed by atoms with Gasteiger partial charge in [0.25, 0.3) is 11.8 Å². The number of carbonyl (C=O) groups is 9. The molecule has 3 N–H and O–H groups in total. The number of hydrogen-bond acceptors (Lipinski definition) is 14. The molecule has 1 aromatic rings. The van der Waals surface area contributed by atoms with Gasteiger partial charge < -0.3 is 40.3 Å². The molecular formula is C35H49N7O10S4. The van der Waals surface area contributed by atoms with Crippen LogP contribution in [0.15, 0.2) is 54.9 Å². The topological polar surface area (TPSA) is 212 Å². The lowest BCUT2D eigenvalue weighted by atomic mass is 10.2. The van der Waals surface area contributed by atoms with Crippen molar-refractivity contribution in [2.24, 2.45) is 5.92 Å². The number of nitrogens with zero attached hydrogens (tertiary/aromatic N) is 4. The van der Waals surface area contributed by atoms with Gasteiger partial charge in [0.2, 0.25) is 33.9 Å². The van der Waals surface area contributed by atoms with Crippen LogP contribution in [-0.4, -0.2) is 154 Å². The molecule has 3 rings (SSSR count). The molecule has 0 radical (unpaired) electrons. The Bertz CT molecular complexity index is 1750. The number of alkyl carbamates (subject to hydrolysis) is 1. The van der Waals surface area contributed by atoms with Gasteiger partial charge in [0.15, 0.2) is 0 Å². The van der Waals surface area contributed by atoms with E-state index >= 15 is 0 Å². The lowest BCUT2D eigenvalue weighted by molar-refractivity contribution is -0.142. The summed E-state index contributed by atoms with van der Waals surface area (Å²) in [6.45, 7) is 7.87. The van der Waals surface area contributed by atoms with Crippen molar-refractivity contribution in [3.05, 3.63) is 60.4 Å². The fourth-order valence-electron chi connectivity index (χ4n) is 4.82. The largest absolute Gasteiger partial charge is 0.445 e. The van der Waals surface area contributed by atoms with Gasteiger partial charge in [-0.3, -0.25) is 38.4 Å². The molecule has 1 aromatic carbocycles. The molecule has 2 aliphatic heterocycles. The van der Waals surface area contributed by atoms with E-state index in [1.54, 1.807) is 37.3 Å². The van der Waals surface area contributed by atoms with Gasteiger partial charge in [0.1, 0.15) is 24.7 Å². The molecule has 17 nitrogen and oxygen atoms in total. The molecule has 2 saturated heterocycles. The number of benzene rings is 1. The van der Waals surface area contributed by atoms with Crippen molar-refractivity contribution >= 4 is 96.9 Å². The van der Waals surface area contributed by atoms with Crippen LogP contribution in [0.2, 0.25) is 0 Å². The van der Waals surface area contributed by atoms with Crippen LogP contribution in [0.1, 0.15) is 15.3 Å². The number of nitrogens with one attached hydrogen (secondary N) is 3. The van der Waals surface area contributed by atoms with Crippen LogP contribution in [0.4, 0.5) is 4.79 Å². The SMILES string of the molecule is C=C1C(=O)SC[C@@H](NC(=O)OCc2ccccc2)C(=O)NCC(=O)N(C)[C@H]2CSSC[C@@H](C(=O)N1C)N(C)C(=O)CNC(=O)[C@H](C)CSC(=O)C(=C)N(C)C2=O.[2HH].[2HH]. The maximum Gasteiger partial charge on any atom is 0.408 e. The van der Waals surface area contributed by atoms with Gasteiger partial charge in [0.05, 0.1) is 24.5 Å². The maximum absolute atomic E-state index is 14.0. The first-order valence-electron chi connectivity index (χ1n) is 17.0. The zero-order valence-electron chi connectivity index (χ0n) is 31.6. The number of fused-ring (bicyclic) bond motifs is 5. The number of amides is 7. The minimum absolute atomic E-state index is 0. The molecule has 2 aliphatic rings. The van der Waals surface area contributed by atoms with E-state index in [1.165, 1.54) is 28.2 Å². The summed E-state index contributed by atoms with van der Waals surface area (Å²) in [5.41, 5.74) is 0.181. The van der Waals surface area contributed by atoms with Gasteiger partial charge in [-0.2, -0.15) is 0 Å². The van der Waals surface area contributed by atoms with Crippen LogP contribution in [0, 0.1) is 5.92 Å². The van der Waals surface area contributed by atoms with Crippen molar-refractivity contribution < 1.29 is 50.7 Å². The highest BCUT2D eigenvalue weighted by Crippen LogP contribution is 2.28. The quantitative estimate of drug-likeness (QED) is 0.288. The summed E-state index contributed by atoms with van der Waals surface area (Å²) in [6.07, 6.45) is -0.990. The van der Waals surface area contributed by atoms with E-state index in [2.05, 4.69) is 29.1 Å². The molecule has 2 bridgehead atoms. The summed E-state index contributed by atoms with van der Waals surface area (Å²) in [5.74, 6) is -5.37. The Morgan fingerprint density at radius 2 is 1.21 bits per heavy atom. The molecule has 0 unspecified atom stereocenters. The minimum Gasteiger partial charge on any atom is -0.445 e. The minimum atomic E-state index is -1.42. The highest BCUT2D eigenvalue weighted by atomic mass is 33.1. The van der Waals surface area contributed by atoms with Crippen LogP contribution in [0.5, 0.6) is 0 Å². The summed E-state index contributed by atoms with van der Waals surface area (Å²) in [7, 11) is 7.52. The average molecular weight is 858 g/mol. The molecule has 56 heavy (non-hydrogen) atoms. The smallest absolute Gasteiger partial charge is 0.408 e. The van der Waals surface area contributed by atoms with E-state index in [0.717, 1.165) is 52.9 Å². The van der Waals surface area contributed by atoms with Crippen LogP contribution in [0.3, 0.4) is 0 Å². The second-order valence-corrected chi connectivity index (χ2v) is 17.1. The molecule has 7 amide bonds. The summed E-state index contributed by atoms with van der Waals surface area (Å²) in [4.78, 5) is 124. The maximum atomic E-state index is 14.0. The predicted molar refractivity (Wildman–Crippen MR) is 220 cm³/mol. The Balaban J connectivity index is 0.00000841. The van der Waals surface area contributed by atoms with Gasteiger partial charge in [-0.05, 0) is 5.56 Å². The molecule has 0 saturated carbocycles. The Labute approximate surface area is 344 Å². The van der Waals surface area contributed by atoms with Crippen LogP contribution in [-0.2, 0) is 49.7 Å². The van der Waals surface area contributed by atoms with Crippen molar-refractivity contribution in [1.82, 2.24) is 35.6 Å². The van der Waals surface area contributed by atoms with Crippen molar-refractivity contribution in [3.8, 4) is 0 Å². The number of thioether (sulfide) groups is 2. The van der Waals surface area contributed by atoms with Gasteiger partial charge in [0, 0.05) is 60.0 Å². The third-order valence-electron chi connectivity index (χ3n) is 8.71. The highest BCUT2D eigenvalue weighted by Gasteiger charge is 2.36. The zero-order valence-corrected chi connectivity index (χ0v) is 34.8. The van der Waals surface area contributed by atoms with E-state index < -0.39 is 88.9 Å². The Morgan fingerprint density at radius 1 is 0.750 bits per heavy atom. The number of hydrogen-bond donors (Lipinski definition) is 3. The van der Waals surface area contributed by atoms with Gasteiger partial charge in [-0.15, -0.1) is 0 Å². The van der Waals surface area contributed by atoms with Gasteiger partial charge >= 0.3 is 6.09 Å². The van der Waals surface area contributed by atoms with E-state index in [4.69, 9.17) is 4.74 Å². The average Bonchev–Trinajstić information content (AvgIpc) is 3.19. The van der Waals surface area contributed by atoms with Crippen LogP contribution >= 0.6 is 45.1 Å². The third-order valence-corrected chi connectivity index (χ3v) is 13.3. The molecule has 0 aromatic heterocycles. The zero-order chi connectivity index (χ0) is 41.7. The number of rotatable bonds is 3. The van der Waals surface area contributed by atoms with E-state index in [-0.39, 0.29) is 43.9 Å². The molecule has 308 valence electrons. The molecule has 2 heterocycles. The van der Waals surface area contributed by atoms with Crippen molar-refractivity contribution in [3.63, 3.8) is 0 Å². The van der Waals surface area contributed by atoms with Crippen LogP contribution < -0.4 is 16.0 Å². The normalized spacial score (nSPS) is 24.1. The monoisotopic (exact) mass is 857 g/mol. The van der Waals surface area contributed by atoms with Gasteiger partial charge in [-0.1, -0.05) is 95.5 Å². The number of ether oxygens (including phenoxy) is 1. The van der Waals surface area contributed by atoms with Crippen molar-refractivity contribution in [2.75, 3.05) is 64.3 Å². The molecule has 2 fully saturated rings. The summed E-state index contributed by atoms with van der Waals surface area (Å²) >= 11 is 1.32. The second kappa shape index (κ2) is 21.7. The van der Waals surface area contributed by atoms with E-state index in [1.807, 2.05) is 0 Å². The molecule has 21 heteroatoms. The Hall–Kier alpha value is -4.47. The summed E-state index contributed by atoms with van der Waals surface area (Å²) < 4.78 is 5.26. The first kappa shape index (κ1) is 45.9. The fraction of sp³-hybridized carbons (Fsp3) is 0.457. The Kier molecular flexibility index (Phi) is 17.8. The molecule has 4 atom stereocenters. The Morgan fingerprint density at radius 3 is 1.71 bits per heavy atom. The van der Waals surface area contributed by atoms with E-state index in [0.29, 0.717) is 17.3 Å². The number of likely N-dealkylation sites (N-methyl/N-ethyl adjacent to an activating group) is 4. The van der Waals surface area contributed by atoms with Crippen molar-refractivity contribution in [1.29, 1.82) is 0 Å². The standard InChI is InChI=1S/C35H45N7O10S4.2H2/c1-20-16-53-33(49)21(2)39(4)31(47)26-19-56-55-18-25(41(6)27(43)13-36-29(20)45)32(48)40(5)22(3)34(50)54-17-24(30(46)37-14-28(44)42(26)7)38-35(51)52-15-23-11-9-8-10-12-23;;/h8-12,20,24-26H,2-3,13-19H2,1,4-7H3,(H,36,45)(H,37,46)(H,38,51);2*1H/t20-,24-,25+,26+;;/m1../s1/i;2*1+1. The predicted octanol–water partition coefficient (Wildman–Crippen LogP) is 1.17. The lowest BCUT2D eigenvalue weighted by Gasteiger charge is -2.32. The molecular weight excluding hydrogens is 807 g/mol. The fourth-order valence-corrected chi connectivity index (χ4v) is 9.07. The van der Waals surface area contributed by atoms with E-state index in [9.17, 15) is 43.2 Å². The first-order chi connectivity index (χ1) is 26.4. The molecule has 0 spiro atoms. The number of carbonyl (C=O) groups excluding carboxylic acids is 9. The molecule has 0 aliphatic carbocycles. The second-order valence-electron chi connectivity index (χ2n) is 12.6. The lowest BCUT2D eigenvalue weighted by Crippen LogP contribution is -2.54.